The number of methoxy groups -OCH3 is 1. The van der Waals surface area contributed by atoms with E-state index in [1.807, 2.05) is 43.0 Å². The highest BCUT2D eigenvalue weighted by molar-refractivity contribution is 6.29. The highest BCUT2D eigenvalue weighted by Gasteiger charge is 2.28. The number of nitrogens with zero attached hydrogens (tertiary/aromatic N) is 2. The zero-order valence-electron chi connectivity index (χ0n) is 16.4. The molecule has 1 atom stereocenters. The molecule has 0 bridgehead atoms. The van der Waals surface area contributed by atoms with Crippen molar-refractivity contribution >= 4 is 23.2 Å². The lowest BCUT2D eigenvalue weighted by Gasteiger charge is -2.26. The summed E-state index contributed by atoms with van der Waals surface area (Å²) < 4.78 is 10.7. The number of carbonyl (C=O) groups excluding carboxylic acids is 1. The Morgan fingerprint density at radius 2 is 2.18 bits per heavy atom. The number of carbonyl (C=O) groups is 1. The molecule has 0 fully saturated rings. The smallest absolute Gasteiger partial charge is 0.223 e. The van der Waals surface area contributed by atoms with Crippen molar-refractivity contribution in [3.63, 3.8) is 0 Å². The molecule has 0 radical (unpaired) electrons. The SMILES string of the molecule is COc1cccc(CN(CC2CC(c3ccc(Cl)o3)=NO2)C(=O)CC(C)C)c1. The third-order valence-corrected chi connectivity index (χ3v) is 4.66. The first kappa shape index (κ1) is 20.3. The van der Waals surface area contributed by atoms with Gasteiger partial charge >= 0.3 is 0 Å². The molecule has 0 N–H and O–H groups in total. The van der Waals surface area contributed by atoms with E-state index in [4.69, 9.17) is 25.6 Å². The zero-order chi connectivity index (χ0) is 20.1. The molecule has 150 valence electrons. The van der Waals surface area contributed by atoms with Gasteiger partial charge in [-0.1, -0.05) is 31.1 Å². The normalized spacial score (nSPS) is 16.0. The number of furan rings is 1. The first-order chi connectivity index (χ1) is 13.4. The molecule has 1 aliphatic heterocycles. The average molecular weight is 405 g/mol. The van der Waals surface area contributed by atoms with E-state index < -0.39 is 0 Å². The molecule has 2 heterocycles. The van der Waals surface area contributed by atoms with Gasteiger partial charge in [-0.3, -0.25) is 4.79 Å². The molecule has 2 aromatic rings. The van der Waals surface area contributed by atoms with Crippen molar-refractivity contribution in [3.8, 4) is 5.75 Å². The van der Waals surface area contributed by atoms with E-state index in [2.05, 4.69) is 5.16 Å². The number of hydrogen-bond donors (Lipinski definition) is 0. The molecule has 0 saturated carbocycles. The molecule has 0 spiro atoms. The van der Waals surface area contributed by atoms with Crippen LogP contribution in [0, 0.1) is 5.92 Å². The molecule has 1 aliphatic rings. The van der Waals surface area contributed by atoms with Crippen molar-refractivity contribution in [2.75, 3.05) is 13.7 Å². The molecule has 1 aromatic carbocycles. The second kappa shape index (κ2) is 9.15. The summed E-state index contributed by atoms with van der Waals surface area (Å²) in [4.78, 5) is 20.2. The predicted octanol–water partition coefficient (Wildman–Crippen LogP) is 4.51. The van der Waals surface area contributed by atoms with Crippen LogP contribution in [0.5, 0.6) is 5.75 Å². The lowest BCUT2D eigenvalue weighted by atomic mass is 10.1. The van der Waals surface area contributed by atoms with Crippen LogP contribution in [0.3, 0.4) is 0 Å². The second-order valence-corrected chi connectivity index (χ2v) is 7.67. The summed E-state index contributed by atoms with van der Waals surface area (Å²) in [6.07, 6.45) is 0.826. The third-order valence-electron chi connectivity index (χ3n) is 4.46. The third kappa shape index (κ3) is 5.29. The molecular formula is C21H25ClN2O4. The van der Waals surface area contributed by atoms with Gasteiger partial charge in [-0.15, -0.1) is 0 Å². The maximum absolute atomic E-state index is 12.8. The summed E-state index contributed by atoms with van der Waals surface area (Å²) in [6.45, 7) is 5.01. The second-order valence-electron chi connectivity index (χ2n) is 7.30. The maximum atomic E-state index is 12.8. The summed E-state index contributed by atoms with van der Waals surface area (Å²) >= 11 is 5.84. The molecule has 7 heteroatoms. The van der Waals surface area contributed by atoms with Crippen LogP contribution in [-0.4, -0.2) is 36.3 Å². The molecule has 1 unspecified atom stereocenters. The van der Waals surface area contributed by atoms with E-state index in [-0.39, 0.29) is 17.9 Å². The maximum Gasteiger partial charge on any atom is 0.223 e. The highest BCUT2D eigenvalue weighted by Crippen LogP contribution is 2.23. The Morgan fingerprint density at radius 1 is 1.36 bits per heavy atom. The molecule has 28 heavy (non-hydrogen) atoms. The molecule has 0 saturated heterocycles. The fourth-order valence-electron chi connectivity index (χ4n) is 3.11. The molecule has 6 nitrogen and oxygen atoms in total. The molecule has 0 aliphatic carbocycles. The Kier molecular flexibility index (Phi) is 6.62. The number of halogens is 1. The van der Waals surface area contributed by atoms with Crippen LogP contribution in [0.4, 0.5) is 0 Å². The fraction of sp³-hybridized carbons (Fsp3) is 0.429. The number of rotatable bonds is 8. The average Bonchev–Trinajstić information content (AvgIpc) is 3.29. The topological polar surface area (TPSA) is 64.3 Å². The lowest BCUT2D eigenvalue weighted by Crippen LogP contribution is -2.37. The number of amides is 1. The van der Waals surface area contributed by atoms with Crippen molar-refractivity contribution in [1.29, 1.82) is 0 Å². The number of oxime groups is 1. The van der Waals surface area contributed by atoms with E-state index >= 15 is 0 Å². The Bertz CT molecular complexity index is 846. The van der Waals surface area contributed by atoms with Crippen molar-refractivity contribution in [3.05, 3.63) is 52.9 Å². The van der Waals surface area contributed by atoms with Crippen LogP contribution in [0.1, 0.15) is 38.0 Å². The monoisotopic (exact) mass is 404 g/mol. The number of hydrogen-bond acceptors (Lipinski definition) is 5. The van der Waals surface area contributed by atoms with Gasteiger partial charge in [-0.2, -0.15) is 0 Å². The summed E-state index contributed by atoms with van der Waals surface area (Å²) in [5, 5.41) is 4.43. The summed E-state index contributed by atoms with van der Waals surface area (Å²) in [5.41, 5.74) is 1.71. The van der Waals surface area contributed by atoms with Crippen LogP contribution in [0.2, 0.25) is 5.22 Å². The summed E-state index contributed by atoms with van der Waals surface area (Å²) in [6, 6.07) is 11.2. The van der Waals surface area contributed by atoms with Crippen molar-refractivity contribution < 1.29 is 18.8 Å². The van der Waals surface area contributed by atoms with E-state index in [1.54, 1.807) is 19.2 Å². The molecule has 1 aromatic heterocycles. The first-order valence-corrected chi connectivity index (χ1v) is 9.71. The van der Waals surface area contributed by atoms with Gasteiger partial charge in [0.25, 0.3) is 0 Å². The molecule has 3 rings (SSSR count). The lowest BCUT2D eigenvalue weighted by molar-refractivity contribution is -0.134. The van der Waals surface area contributed by atoms with E-state index in [0.29, 0.717) is 42.6 Å². The van der Waals surface area contributed by atoms with E-state index in [1.165, 1.54) is 0 Å². The quantitative estimate of drug-likeness (QED) is 0.649. The van der Waals surface area contributed by atoms with Gasteiger partial charge in [0.2, 0.25) is 5.91 Å². The van der Waals surface area contributed by atoms with Gasteiger partial charge in [0.05, 0.1) is 13.7 Å². The minimum absolute atomic E-state index is 0.0934. The fourth-order valence-corrected chi connectivity index (χ4v) is 3.26. The highest BCUT2D eigenvalue weighted by atomic mass is 35.5. The molecular weight excluding hydrogens is 380 g/mol. The largest absolute Gasteiger partial charge is 0.497 e. The Morgan fingerprint density at radius 3 is 2.86 bits per heavy atom. The summed E-state index contributed by atoms with van der Waals surface area (Å²) in [7, 11) is 1.63. The number of benzene rings is 1. The van der Waals surface area contributed by atoms with Gasteiger partial charge in [0.1, 0.15) is 11.5 Å². The Labute approximate surface area is 170 Å². The van der Waals surface area contributed by atoms with E-state index in [0.717, 1.165) is 11.3 Å². The van der Waals surface area contributed by atoms with Gasteiger partial charge in [-0.25, -0.2) is 0 Å². The minimum atomic E-state index is -0.222. The zero-order valence-corrected chi connectivity index (χ0v) is 17.1. The van der Waals surface area contributed by atoms with Crippen molar-refractivity contribution in [1.82, 2.24) is 4.90 Å². The van der Waals surface area contributed by atoms with Crippen LogP contribution < -0.4 is 4.74 Å². The van der Waals surface area contributed by atoms with Crippen LogP contribution >= 0.6 is 11.6 Å². The standard InChI is InChI=1S/C21H25ClN2O4/c1-14(2)9-21(25)24(12-15-5-4-6-16(10-15)26-3)13-17-11-18(23-28-17)19-7-8-20(22)27-19/h4-8,10,14,17H,9,11-13H2,1-3H3. The van der Waals surface area contributed by atoms with Crippen LogP contribution in [0.15, 0.2) is 46.0 Å². The van der Waals surface area contributed by atoms with Gasteiger partial charge in [-0.05, 0) is 47.3 Å². The van der Waals surface area contributed by atoms with E-state index in [9.17, 15) is 4.79 Å². The first-order valence-electron chi connectivity index (χ1n) is 9.33. The van der Waals surface area contributed by atoms with Gasteiger partial charge in [0.15, 0.2) is 17.1 Å². The Balaban J connectivity index is 1.68. The van der Waals surface area contributed by atoms with Crippen molar-refractivity contribution in [2.45, 2.75) is 39.3 Å². The van der Waals surface area contributed by atoms with Crippen molar-refractivity contribution in [2.24, 2.45) is 11.1 Å². The molecule has 1 amide bonds. The summed E-state index contributed by atoms with van der Waals surface area (Å²) in [5.74, 6) is 1.74. The predicted molar refractivity (Wildman–Crippen MR) is 108 cm³/mol. The van der Waals surface area contributed by atoms with Gasteiger partial charge in [0, 0.05) is 19.4 Å². The van der Waals surface area contributed by atoms with Gasteiger partial charge < -0.3 is 18.9 Å². The van der Waals surface area contributed by atoms with Crippen LogP contribution in [0.25, 0.3) is 0 Å². The number of ether oxygens (including phenoxy) is 1. The Hall–Kier alpha value is -2.47. The van der Waals surface area contributed by atoms with Crippen LogP contribution in [-0.2, 0) is 16.2 Å². The minimum Gasteiger partial charge on any atom is -0.497 e.